The summed E-state index contributed by atoms with van der Waals surface area (Å²) >= 11 is 0. The zero-order valence-corrected chi connectivity index (χ0v) is 10.4. The van der Waals surface area contributed by atoms with Crippen molar-refractivity contribution in [3.8, 4) is 11.3 Å². The maximum absolute atomic E-state index is 11.6. The van der Waals surface area contributed by atoms with Crippen molar-refractivity contribution in [1.82, 2.24) is 9.97 Å². The van der Waals surface area contributed by atoms with Crippen LogP contribution in [0.1, 0.15) is 28.7 Å². The topological polar surface area (TPSA) is 62.8 Å². The summed E-state index contributed by atoms with van der Waals surface area (Å²) in [5.74, 6) is 0. The summed E-state index contributed by atoms with van der Waals surface area (Å²) in [6.45, 7) is 3.75. The number of H-pyrrole nitrogens is 1. The molecule has 4 heteroatoms. The van der Waals surface area contributed by atoms with E-state index >= 15 is 0 Å². The van der Waals surface area contributed by atoms with Crippen molar-refractivity contribution in [3.63, 3.8) is 0 Å². The Kier molecular flexibility index (Phi) is 3.37. The molecular formula is C14H14N2O2. The fourth-order valence-corrected chi connectivity index (χ4v) is 1.86. The Balaban J connectivity index is 2.62. The van der Waals surface area contributed by atoms with Crippen LogP contribution in [0.3, 0.4) is 0 Å². The molecule has 2 heterocycles. The first kappa shape index (κ1) is 12.2. The van der Waals surface area contributed by atoms with Crippen LogP contribution in [0.2, 0.25) is 0 Å². The lowest BCUT2D eigenvalue weighted by Crippen LogP contribution is -2.13. The number of hydrogen-bond acceptors (Lipinski definition) is 3. The van der Waals surface area contributed by atoms with E-state index in [0.717, 1.165) is 11.3 Å². The van der Waals surface area contributed by atoms with E-state index in [4.69, 9.17) is 0 Å². The molecule has 4 nitrogen and oxygen atoms in total. The van der Waals surface area contributed by atoms with Crippen LogP contribution >= 0.6 is 0 Å². The van der Waals surface area contributed by atoms with Gasteiger partial charge in [0.25, 0.3) is 5.56 Å². The summed E-state index contributed by atoms with van der Waals surface area (Å²) < 4.78 is 0. The highest BCUT2D eigenvalue weighted by Gasteiger charge is 2.08. The van der Waals surface area contributed by atoms with Crippen molar-refractivity contribution in [1.29, 1.82) is 0 Å². The van der Waals surface area contributed by atoms with Crippen LogP contribution in [0.25, 0.3) is 11.3 Å². The summed E-state index contributed by atoms with van der Waals surface area (Å²) in [7, 11) is 0. The molecule has 92 valence electrons. The number of nitrogens with zero attached hydrogens (tertiary/aromatic N) is 1. The maximum atomic E-state index is 11.6. The van der Waals surface area contributed by atoms with Crippen molar-refractivity contribution in [2.45, 2.75) is 20.3 Å². The predicted molar refractivity (Wildman–Crippen MR) is 69.8 cm³/mol. The molecule has 2 rings (SSSR count). The highest BCUT2D eigenvalue weighted by molar-refractivity contribution is 5.74. The minimum Gasteiger partial charge on any atom is -0.326 e. The van der Waals surface area contributed by atoms with Gasteiger partial charge in [-0.25, -0.2) is 4.98 Å². The van der Waals surface area contributed by atoms with Crippen LogP contribution in [-0.4, -0.2) is 16.3 Å². The number of carbonyl (C=O) groups is 1. The van der Waals surface area contributed by atoms with Crippen molar-refractivity contribution < 1.29 is 4.79 Å². The lowest BCUT2D eigenvalue weighted by molar-refractivity contribution is 0.111. The Morgan fingerprint density at radius 1 is 1.39 bits per heavy atom. The van der Waals surface area contributed by atoms with Gasteiger partial charge in [0.1, 0.15) is 5.69 Å². The second kappa shape index (κ2) is 4.96. The SMILES string of the molecule is CCc1cc(-c2cccc(C=O)n2)c(C)[nH]c1=O. The summed E-state index contributed by atoms with van der Waals surface area (Å²) in [4.78, 5) is 29.4. The highest BCUT2D eigenvalue weighted by Crippen LogP contribution is 2.20. The molecule has 1 N–H and O–H groups in total. The molecule has 0 saturated heterocycles. The molecule has 0 aliphatic heterocycles. The normalized spacial score (nSPS) is 10.3. The summed E-state index contributed by atoms with van der Waals surface area (Å²) in [5.41, 5.74) is 3.35. The molecule has 0 saturated carbocycles. The molecule has 0 aliphatic carbocycles. The van der Waals surface area contributed by atoms with Gasteiger partial charge in [-0.1, -0.05) is 13.0 Å². The molecule has 2 aromatic rings. The van der Waals surface area contributed by atoms with Gasteiger partial charge in [0.2, 0.25) is 0 Å². The van der Waals surface area contributed by atoms with Gasteiger partial charge in [-0.2, -0.15) is 0 Å². The lowest BCUT2D eigenvalue weighted by Gasteiger charge is -2.07. The van der Waals surface area contributed by atoms with Gasteiger partial charge in [-0.3, -0.25) is 9.59 Å². The quantitative estimate of drug-likeness (QED) is 0.838. The van der Waals surface area contributed by atoms with Crippen molar-refractivity contribution in [2.75, 3.05) is 0 Å². The van der Waals surface area contributed by atoms with E-state index in [9.17, 15) is 9.59 Å². The van der Waals surface area contributed by atoms with Gasteiger partial charge in [-0.15, -0.1) is 0 Å². The van der Waals surface area contributed by atoms with Gasteiger partial charge in [0.15, 0.2) is 6.29 Å². The van der Waals surface area contributed by atoms with E-state index < -0.39 is 0 Å². The Morgan fingerprint density at radius 2 is 2.17 bits per heavy atom. The van der Waals surface area contributed by atoms with Gasteiger partial charge in [0.05, 0.1) is 5.69 Å². The van der Waals surface area contributed by atoms with Gasteiger partial charge in [-0.05, 0) is 31.5 Å². The Bertz CT molecular complexity index is 644. The minimum atomic E-state index is -0.0645. The molecule has 18 heavy (non-hydrogen) atoms. The fraction of sp³-hybridized carbons (Fsp3) is 0.214. The number of aryl methyl sites for hydroxylation is 2. The first-order valence-electron chi connectivity index (χ1n) is 5.81. The third-order valence-electron chi connectivity index (χ3n) is 2.86. The molecule has 2 aromatic heterocycles. The van der Waals surface area contributed by atoms with E-state index in [0.29, 0.717) is 29.7 Å². The van der Waals surface area contributed by atoms with Gasteiger partial charge in [0, 0.05) is 16.8 Å². The van der Waals surface area contributed by atoms with Crippen LogP contribution in [0.15, 0.2) is 29.1 Å². The second-order valence-electron chi connectivity index (χ2n) is 4.08. The van der Waals surface area contributed by atoms with Gasteiger partial charge >= 0.3 is 0 Å². The number of aldehydes is 1. The molecular weight excluding hydrogens is 228 g/mol. The van der Waals surface area contributed by atoms with E-state index in [2.05, 4.69) is 9.97 Å². The minimum absolute atomic E-state index is 0.0645. The van der Waals surface area contributed by atoms with Crippen LogP contribution in [-0.2, 0) is 6.42 Å². The zero-order chi connectivity index (χ0) is 13.1. The van der Waals surface area contributed by atoms with Gasteiger partial charge < -0.3 is 4.98 Å². The van der Waals surface area contributed by atoms with E-state index in [1.807, 2.05) is 26.0 Å². The Labute approximate surface area is 105 Å². The Hall–Kier alpha value is -2.23. The smallest absolute Gasteiger partial charge is 0.251 e. The molecule has 0 bridgehead atoms. The summed E-state index contributed by atoms with van der Waals surface area (Å²) in [5, 5.41) is 0. The monoisotopic (exact) mass is 242 g/mol. The second-order valence-corrected chi connectivity index (χ2v) is 4.08. The number of aromatic nitrogens is 2. The predicted octanol–water partition coefficient (Wildman–Crippen LogP) is 2.12. The van der Waals surface area contributed by atoms with Crippen molar-refractivity contribution in [2.24, 2.45) is 0 Å². The number of aromatic amines is 1. The molecule has 0 aliphatic rings. The number of nitrogens with one attached hydrogen (secondary N) is 1. The average molecular weight is 242 g/mol. The lowest BCUT2D eigenvalue weighted by atomic mass is 10.1. The van der Waals surface area contributed by atoms with Crippen molar-refractivity contribution in [3.05, 3.63) is 51.6 Å². The van der Waals surface area contributed by atoms with Crippen molar-refractivity contribution >= 4 is 6.29 Å². The van der Waals surface area contributed by atoms with E-state index in [1.54, 1.807) is 12.1 Å². The molecule has 0 aromatic carbocycles. The molecule has 0 unspecified atom stereocenters. The summed E-state index contributed by atoms with van der Waals surface area (Å²) in [6, 6.07) is 7.10. The average Bonchev–Trinajstić information content (AvgIpc) is 2.39. The zero-order valence-electron chi connectivity index (χ0n) is 10.4. The van der Waals surface area contributed by atoms with Crippen LogP contribution in [0.4, 0.5) is 0 Å². The third-order valence-corrected chi connectivity index (χ3v) is 2.86. The largest absolute Gasteiger partial charge is 0.326 e. The molecule has 0 atom stereocenters. The number of carbonyl (C=O) groups excluding carboxylic acids is 1. The Morgan fingerprint density at radius 3 is 2.83 bits per heavy atom. The highest BCUT2D eigenvalue weighted by atomic mass is 16.1. The fourth-order valence-electron chi connectivity index (χ4n) is 1.86. The molecule has 0 fully saturated rings. The van der Waals surface area contributed by atoms with Crippen LogP contribution in [0, 0.1) is 6.92 Å². The standard InChI is InChI=1S/C14H14N2O2/c1-3-10-7-12(9(2)15-14(10)18)13-6-4-5-11(8-17)16-13/h4-8H,3H2,1-2H3,(H,15,18). The first-order chi connectivity index (χ1) is 8.65. The molecule has 0 radical (unpaired) electrons. The molecule has 0 amide bonds. The third kappa shape index (κ3) is 2.22. The molecule has 0 spiro atoms. The number of hydrogen-bond donors (Lipinski definition) is 1. The maximum Gasteiger partial charge on any atom is 0.251 e. The number of pyridine rings is 2. The van der Waals surface area contributed by atoms with Crippen LogP contribution < -0.4 is 5.56 Å². The van der Waals surface area contributed by atoms with Crippen LogP contribution in [0.5, 0.6) is 0 Å². The van der Waals surface area contributed by atoms with E-state index in [1.165, 1.54) is 0 Å². The number of rotatable bonds is 3. The first-order valence-corrected chi connectivity index (χ1v) is 5.81. The summed E-state index contributed by atoms with van der Waals surface area (Å²) in [6.07, 6.45) is 1.38. The van der Waals surface area contributed by atoms with E-state index in [-0.39, 0.29) is 5.56 Å².